The van der Waals surface area contributed by atoms with Gasteiger partial charge in [-0.2, -0.15) is 0 Å². The first-order valence-corrected chi connectivity index (χ1v) is 26.2. The Kier molecular flexibility index (Phi) is 18.9. The van der Waals surface area contributed by atoms with Crippen molar-refractivity contribution in [1.29, 1.82) is 0 Å². The molecule has 0 spiro atoms. The number of rotatable bonds is 18. The molecule has 0 atom stereocenters. The van der Waals surface area contributed by atoms with E-state index < -0.39 is 11.9 Å². The van der Waals surface area contributed by atoms with E-state index in [1.54, 1.807) is 24.2 Å². The van der Waals surface area contributed by atoms with Crippen LogP contribution >= 0.6 is 34.4 Å². The van der Waals surface area contributed by atoms with E-state index in [0.29, 0.717) is 35.5 Å². The number of amides is 4. The summed E-state index contributed by atoms with van der Waals surface area (Å²) < 4.78 is 5.80. The van der Waals surface area contributed by atoms with Crippen LogP contribution in [0.15, 0.2) is 102 Å². The van der Waals surface area contributed by atoms with Crippen LogP contribution in [-0.2, 0) is 34.8 Å². The number of benzene rings is 4. The second-order valence-corrected chi connectivity index (χ2v) is 20.5. The Morgan fingerprint density at radius 1 is 0.600 bits per heavy atom. The zero-order valence-electron chi connectivity index (χ0n) is 39.5. The molecule has 4 aromatic carbocycles. The molecule has 0 radical (unpaired) electrons. The molecule has 15 nitrogen and oxygen atoms in total. The number of nitrogens with zero attached hydrogens (tertiary/aromatic N) is 4. The van der Waals surface area contributed by atoms with Gasteiger partial charge < -0.3 is 35.4 Å². The molecule has 0 aliphatic carbocycles. The van der Waals surface area contributed by atoms with Crippen molar-refractivity contribution < 1.29 is 34.1 Å². The fraction of sp³-hybridized carbons (Fsp3) is 0.346. The third-order valence-corrected chi connectivity index (χ3v) is 14.7. The van der Waals surface area contributed by atoms with Crippen LogP contribution in [0, 0.1) is 13.8 Å². The molecule has 8 rings (SSSR count). The first kappa shape index (κ1) is 51.2. The summed E-state index contributed by atoms with van der Waals surface area (Å²) in [5.41, 5.74) is 8.05. The highest BCUT2D eigenvalue weighted by atomic mass is 32.2. The van der Waals surface area contributed by atoms with Crippen LogP contribution in [0.5, 0.6) is 5.75 Å². The summed E-state index contributed by atoms with van der Waals surface area (Å²) in [6, 6.07) is 26.9. The minimum absolute atomic E-state index is 0.105. The van der Waals surface area contributed by atoms with Gasteiger partial charge in [0.1, 0.15) is 12.4 Å². The predicted molar refractivity (Wildman–Crippen MR) is 283 cm³/mol. The fourth-order valence-corrected chi connectivity index (χ4v) is 10.4. The number of piperidine rings is 2. The Morgan fingerprint density at radius 3 is 1.54 bits per heavy atom. The maximum Gasteiger partial charge on any atom is 0.325 e. The molecule has 6 N–H and O–H groups in total. The van der Waals surface area contributed by atoms with Gasteiger partial charge in [-0.3, -0.25) is 20.2 Å². The predicted octanol–water partition coefficient (Wildman–Crippen LogP) is 12.1. The number of carboxylic acids is 2. The van der Waals surface area contributed by atoms with Crippen molar-refractivity contribution in [2.24, 2.45) is 0 Å². The number of ether oxygens (including phenoxy) is 1. The number of carbonyl (C=O) groups excluding carboxylic acids is 2. The van der Waals surface area contributed by atoms with Gasteiger partial charge in [0.25, 0.3) is 0 Å². The molecule has 2 aliphatic rings. The monoisotopic (exact) mass is 1000 g/mol. The Balaban J connectivity index is 0.000000206. The van der Waals surface area contributed by atoms with Crippen molar-refractivity contribution in [3.05, 3.63) is 129 Å². The van der Waals surface area contributed by atoms with Crippen LogP contribution in [0.25, 0.3) is 0 Å². The standard InChI is InChI=1S/C26H30N4O4S.C26H30N4O3S2/c2*1-18-5-11-22(23(15-18)30-13-3-2-4-14-30)28-25(33)29-26-27-16-21(35-26)17-34-20-9-6-19(7-10-20)8-12-24(31)32/h2*5-7,9-11,15-16H,2-4,8,12-14,17H2,1H3,(H,31,32)(H2,27,28,29,33). The summed E-state index contributed by atoms with van der Waals surface area (Å²) >= 11 is 4.50. The Labute approximate surface area is 421 Å². The number of anilines is 6. The maximum absolute atomic E-state index is 12.7. The number of thioether (sulfide) groups is 1. The number of aromatic nitrogens is 2. The van der Waals surface area contributed by atoms with Crippen LogP contribution in [0.1, 0.15) is 83.4 Å². The van der Waals surface area contributed by atoms with Crippen molar-refractivity contribution >= 4 is 91.4 Å². The average Bonchev–Trinajstić information content (AvgIpc) is 4.02. The third-order valence-electron chi connectivity index (χ3n) is 11.6. The van der Waals surface area contributed by atoms with Crippen LogP contribution in [-0.4, -0.2) is 70.4 Å². The quantitative estimate of drug-likeness (QED) is 0.0446. The van der Waals surface area contributed by atoms with Gasteiger partial charge in [-0.15, -0.1) is 23.1 Å². The largest absolute Gasteiger partial charge is 0.488 e. The first-order chi connectivity index (χ1) is 33.9. The molecule has 0 unspecified atom stereocenters. The smallest absolute Gasteiger partial charge is 0.325 e. The van der Waals surface area contributed by atoms with Gasteiger partial charge in [0.2, 0.25) is 0 Å². The van der Waals surface area contributed by atoms with Crippen LogP contribution in [0.3, 0.4) is 0 Å². The molecule has 0 saturated carbocycles. The fourth-order valence-electron chi connectivity index (χ4n) is 7.97. The molecule has 70 heavy (non-hydrogen) atoms. The van der Waals surface area contributed by atoms with E-state index in [2.05, 4.69) is 67.0 Å². The number of thiazole rings is 2. The summed E-state index contributed by atoms with van der Waals surface area (Å²) in [6.07, 6.45) is 11.9. The second kappa shape index (κ2) is 25.8. The van der Waals surface area contributed by atoms with Gasteiger partial charge in [0.05, 0.1) is 27.6 Å². The lowest BCUT2D eigenvalue weighted by Crippen LogP contribution is -2.31. The lowest BCUT2D eigenvalue weighted by atomic mass is 10.1. The number of hydrogen-bond acceptors (Lipinski definition) is 12. The van der Waals surface area contributed by atoms with E-state index in [-0.39, 0.29) is 24.9 Å². The van der Waals surface area contributed by atoms with Crippen molar-refractivity contribution in [2.75, 3.05) is 57.2 Å². The highest BCUT2D eigenvalue weighted by Crippen LogP contribution is 2.33. The Morgan fingerprint density at radius 2 is 1.06 bits per heavy atom. The number of hydrogen-bond donors (Lipinski definition) is 6. The van der Waals surface area contributed by atoms with Gasteiger partial charge >= 0.3 is 24.0 Å². The van der Waals surface area contributed by atoms with Crippen molar-refractivity contribution in [3.63, 3.8) is 0 Å². The summed E-state index contributed by atoms with van der Waals surface area (Å²) in [5.74, 6) is -0.163. The van der Waals surface area contributed by atoms with Crippen molar-refractivity contribution in [1.82, 2.24) is 9.97 Å². The molecule has 368 valence electrons. The first-order valence-electron chi connectivity index (χ1n) is 23.6. The molecule has 6 aromatic rings. The van der Waals surface area contributed by atoms with Gasteiger partial charge in [-0.25, -0.2) is 19.6 Å². The Bertz CT molecular complexity index is 2500. The molecule has 0 bridgehead atoms. The number of urea groups is 2. The third kappa shape index (κ3) is 16.2. The van der Waals surface area contributed by atoms with E-state index in [4.69, 9.17) is 14.9 Å². The van der Waals surface area contributed by atoms with Gasteiger partial charge in [0.15, 0.2) is 10.3 Å². The summed E-state index contributed by atoms with van der Waals surface area (Å²) in [4.78, 5) is 63.2. The van der Waals surface area contributed by atoms with Crippen LogP contribution < -0.4 is 35.8 Å². The van der Waals surface area contributed by atoms with Crippen LogP contribution in [0.2, 0.25) is 0 Å². The van der Waals surface area contributed by atoms with Gasteiger partial charge in [0, 0.05) is 66.9 Å². The topological polar surface area (TPSA) is 198 Å². The number of aliphatic carboxylic acids is 2. The van der Waals surface area contributed by atoms with Gasteiger partial charge in [-0.1, -0.05) is 47.7 Å². The van der Waals surface area contributed by atoms with E-state index in [1.165, 1.54) is 66.8 Å². The number of carbonyl (C=O) groups is 4. The number of nitrogens with one attached hydrogen (secondary N) is 4. The zero-order chi connectivity index (χ0) is 49.2. The van der Waals surface area contributed by atoms with Crippen molar-refractivity contribution in [2.45, 2.75) is 95.3 Å². The van der Waals surface area contributed by atoms with Crippen molar-refractivity contribution in [3.8, 4) is 5.75 Å². The average molecular weight is 1010 g/mol. The van der Waals surface area contributed by atoms with E-state index in [1.807, 2.05) is 72.8 Å². The lowest BCUT2D eigenvalue weighted by molar-refractivity contribution is -0.138. The van der Waals surface area contributed by atoms with E-state index in [9.17, 15) is 19.2 Å². The molecular formula is C52H60N8O7S3. The summed E-state index contributed by atoms with van der Waals surface area (Å²) in [7, 11) is 0. The molecule has 2 saturated heterocycles. The molecule has 18 heteroatoms. The highest BCUT2D eigenvalue weighted by molar-refractivity contribution is 7.98. The summed E-state index contributed by atoms with van der Waals surface area (Å²) in [5, 5.41) is 30.3. The molecule has 2 aromatic heterocycles. The number of carboxylic acid groups (broad SMARTS) is 2. The molecule has 4 heterocycles. The maximum atomic E-state index is 12.7. The van der Waals surface area contributed by atoms with E-state index >= 15 is 0 Å². The normalized spacial score (nSPS) is 13.4. The molecular weight excluding hydrogens is 945 g/mol. The second-order valence-electron chi connectivity index (χ2n) is 17.2. The zero-order valence-corrected chi connectivity index (χ0v) is 42.0. The highest BCUT2D eigenvalue weighted by Gasteiger charge is 2.19. The van der Waals surface area contributed by atoms with E-state index in [0.717, 1.165) is 86.0 Å². The SMILES string of the molecule is Cc1ccc(NC(=O)Nc2ncc(COc3ccc(CCC(=O)O)cc3)s2)c(N2CCCCC2)c1.Cc1ccc(NC(=O)Nc2ncc(CSc3ccc(CCC(=O)O)cc3)s2)c(N2CCCCC2)c1. The summed E-state index contributed by atoms with van der Waals surface area (Å²) in [6.45, 7) is 8.48. The number of aryl methyl sites for hydroxylation is 4. The Hall–Kier alpha value is -6.63. The minimum Gasteiger partial charge on any atom is -0.488 e. The molecule has 2 aliphatic heterocycles. The molecule has 4 amide bonds. The molecule has 2 fully saturated rings. The van der Waals surface area contributed by atoms with Gasteiger partial charge in [-0.05, 0) is 136 Å². The minimum atomic E-state index is -0.810. The lowest BCUT2D eigenvalue weighted by Gasteiger charge is -2.30. The van der Waals surface area contributed by atoms with Crippen LogP contribution in [0.4, 0.5) is 42.6 Å².